The lowest BCUT2D eigenvalue weighted by Gasteiger charge is -2.15. The van der Waals surface area contributed by atoms with Crippen LogP contribution in [0.3, 0.4) is 0 Å². The average molecular weight is 222 g/mol. The van der Waals surface area contributed by atoms with Crippen LogP contribution >= 0.6 is 0 Å². The van der Waals surface area contributed by atoms with Crippen molar-refractivity contribution in [3.8, 4) is 0 Å². The third kappa shape index (κ3) is 3.77. The van der Waals surface area contributed by atoms with Gasteiger partial charge in [0.25, 0.3) is 0 Å². The highest BCUT2D eigenvalue weighted by atomic mass is 15.3. The Morgan fingerprint density at radius 2 is 2.38 bits per heavy atom. The third-order valence-corrected chi connectivity index (χ3v) is 2.50. The van der Waals surface area contributed by atoms with E-state index in [0.717, 1.165) is 38.2 Å². The zero-order chi connectivity index (χ0) is 11.8. The topological polar surface area (TPSA) is 42.7 Å². The van der Waals surface area contributed by atoms with E-state index < -0.39 is 0 Å². The van der Waals surface area contributed by atoms with Crippen molar-refractivity contribution in [1.82, 2.24) is 20.1 Å². The molecule has 4 heteroatoms. The molecule has 0 radical (unpaired) electrons. The summed E-state index contributed by atoms with van der Waals surface area (Å²) in [6.45, 7) is 9.97. The molecule has 0 spiro atoms. The molecule has 0 fully saturated rings. The van der Waals surface area contributed by atoms with Crippen molar-refractivity contribution in [1.29, 1.82) is 0 Å². The van der Waals surface area contributed by atoms with Crippen LogP contribution in [0.4, 0.5) is 0 Å². The Labute approximate surface area is 97.8 Å². The summed E-state index contributed by atoms with van der Waals surface area (Å²) in [7, 11) is 0. The van der Waals surface area contributed by atoms with Crippen LogP contribution in [0.1, 0.15) is 32.5 Å². The van der Waals surface area contributed by atoms with Gasteiger partial charge in [0.15, 0.2) is 0 Å². The van der Waals surface area contributed by atoms with Crippen LogP contribution < -0.4 is 5.32 Å². The molecule has 1 heterocycles. The highest BCUT2D eigenvalue weighted by Crippen LogP contribution is 2.04. The van der Waals surface area contributed by atoms with E-state index in [-0.39, 0.29) is 0 Å². The van der Waals surface area contributed by atoms with Crippen molar-refractivity contribution < 1.29 is 0 Å². The van der Waals surface area contributed by atoms with Gasteiger partial charge >= 0.3 is 0 Å². The quantitative estimate of drug-likeness (QED) is 0.682. The first kappa shape index (κ1) is 12.9. The monoisotopic (exact) mass is 222 g/mol. The summed E-state index contributed by atoms with van der Waals surface area (Å²) < 4.78 is 1.99. The van der Waals surface area contributed by atoms with Crippen LogP contribution in [0.15, 0.2) is 19.0 Å². The number of nitrogens with zero attached hydrogens (tertiary/aromatic N) is 3. The van der Waals surface area contributed by atoms with Gasteiger partial charge in [-0.05, 0) is 19.4 Å². The van der Waals surface area contributed by atoms with E-state index in [2.05, 4.69) is 35.8 Å². The van der Waals surface area contributed by atoms with Gasteiger partial charge in [-0.25, -0.2) is 4.98 Å². The van der Waals surface area contributed by atoms with Crippen LogP contribution in [-0.4, -0.2) is 27.4 Å². The van der Waals surface area contributed by atoms with Crippen LogP contribution in [0, 0.1) is 0 Å². The van der Waals surface area contributed by atoms with E-state index in [9.17, 15) is 0 Å². The molecule has 4 nitrogen and oxygen atoms in total. The van der Waals surface area contributed by atoms with Crippen molar-refractivity contribution in [3.05, 3.63) is 24.8 Å². The highest BCUT2D eigenvalue weighted by molar-refractivity contribution is 4.92. The molecule has 1 unspecified atom stereocenters. The molecule has 0 saturated carbocycles. The zero-order valence-electron chi connectivity index (χ0n) is 10.3. The van der Waals surface area contributed by atoms with Crippen LogP contribution in [-0.2, 0) is 13.0 Å². The van der Waals surface area contributed by atoms with Crippen molar-refractivity contribution >= 4 is 0 Å². The number of rotatable bonds is 8. The Balaban J connectivity index is 2.60. The van der Waals surface area contributed by atoms with E-state index in [4.69, 9.17) is 0 Å². The molecule has 0 aliphatic carbocycles. The second-order valence-corrected chi connectivity index (χ2v) is 3.88. The third-order valence-electron chi connectivity index (χ3n) is 2.50. The molecule has 0 aliphatic heterocycles. The summed E-state index contributed by atoms with van der Waals surface area (Å²) >= 11 is 0. The molecule has 1 rings (SSSR count). The Morgan fingerprint density at radius 3 is 3.00 bits per heavy atom. The molecule has 1 N–H and O–H groups in total. The molecule has 16 heavy (non-hydrogen) atoms. The summed E-state index contributed by atoms with van der Waals surface area (Å²) in [4.78, 5) is 4.32. The van der Waals surface area contributed by atoms with Gasteiger partial charge in [-0.1, -0.05) is 19.9 Å². The molecular formula is C12H22N4. The van der Waals surface area contributed by atoms with Crippen molar-refractivity contribution in [2.75, 3.05) is 6.54 Å². The van der Waals surface area contributed by atoms with E-state index in [1.165, 1.54) is 0 Å². The number of nitrogens with one attached hydrogen (secondary N) is 1. The van der Waals surface area contributed by atoms with Gasteiger partial charge in [0, 0.05) is 19.0 Å². The molecule has 90 valence electrons. The van der Waals surface area contributed by atoms with Crippen molar-refractivity contribution in [3.63, 3.8) is 0 Å². The fourth-order valence-electron chi connectivity index (χ4n) is 1.79. The molecule has 0 amide bonds. The predicted molar refractivity (Wildman–Crippen MR) is 66.3 cm³/mol. The zero-order valence-corrected chi connectivity index (χ0v) is 10.3. The first-order valence-electron chi connectivity index (χ1n) is 6.02. The van der Waals surface area contributed by atoms with Gasteiger partial charge in [-0.15, -0.1) is 6.58 Å². The van der Waals surface area contributed by atoms with Gasteiger partial charge in [0.05, 0.1) is 0 Å². The second kappa shape index (κ2) is 7.17. The minimum Gasteiger partial charge on any atom is -0.313 e. The van der Waals surface area contributed by atoms with Crippen LogP contribution in [0.25, 0.3) is 0 Å². The summed E-state index contributed by atoms with van der Waals surface area (Å²) in [6, 6.07) is 0.419. The maximum absolute atomic E-state index is 4.32. The molecule has 0 aliphatic rings. The Bertz CT molecular complexity index is 306. The normalized spacial score (nSPS) is 12.6. The molecule has 0 saturated heterocycles. The molecular weight excluding hydrogens is 200 g/mol. The maximum Gasteiger partial charge on any atom is 0.138 e. The van der Waals surface area contributed by atoms with Crippen LogP contribution in [0.2, 0.25) is 0 Å². The van der Waals surface area contributed by atoms with Crippen molar-refractivity contribution in [2.45, 2.75) is 45.7 Å². The van der Waals surface area contributed by atoms with Gasteiger partial charge in [-0.2, -0.15) is 5.10 Å². The number of hydrogen-bond acceptors (Lipinski definition) is 3. The number of aryl methyl sites for hydroxylation is 1. The minimum absolute atomic E-state index is 0.419. The standard InChI is InChI=1S/C12H22N4/c1-4-7-11(13-6-3)9-12-14-10-15-16(12)8-5-2/h4,10-11,13H,1,5-9H2,2-3H3. The fraction of sp³-hybridized carbons (Fsp3) is 0.667. The van der Waals surface area contributed by atoms with Gasteiger partial charge in [0.1, 0.15) is 12.2 Å². The van der Waals surface area contributed by atoms with E-state index in [0.29, 0.717) is 6.04 Å². The first-order valence-corrected chi connectivity index (χ1v) is 6.02. The molecule has 1 aromatic rings. The Morgan fingerprint density at radius 1 is 1.56 bits per heavy atom. The highest BCUT2D eigenvalue weighted by Gasteiger charge is 2.11. The van der Waals surface area contributed by atoms with Crippen LogP contribution in [0.5, 0.6) is 0 Å². The van der Waals surface area contributed by atoms with E-state index in [1.807, 2.05) is 10.8 Å². The summed E-state index contributed by atoms with van der Waals surface area (Å²) in [5.74, 6) is 1.06. The SMILES string of the molecule is C=CCC(Cc1ncnn1CCC)NCC. The summed E-state index contributed by atoms with van der Waals surface area (Å²) in [5.41, 5.74) is 0. The summed E-state index contributed by atoms with van der Waals surface area (Å²) in [5, 5.41) is 7.67. The Kier molecular flexibility index (Phi) is 5.78. The maximum atomic E-state index is 4.32. The molecule has 0 bridgehead atoms. The number of likely N-dealkylation sites (N-methyl/N-ethyl adjacent to an activating group) is 1. The lowest BCUT2D eigenvalue weighted by molar-refractivity contribution is 0.487. The molecule has 1 aromatic heterocycles. The second-order valence-electron chi connectivity index (χ2n) is 3.88. The van der Waals surface area contributed by atoms with Gasteiger partial charge < -0.3 is 5.32 Å². The van der Waals surface area contributed by atoms with E-state index in [1.54, 1.807) is 6.33 Å². The largest absolute Gasteiger partial charge is 0.313 e. The van der Waals surface area contributed by atoms with Crippen molar-refractivity contribution in [2.24, 2.45) is 0 Å². The Hall–Kier alpha value is -1.16. The number of aromatic nitrogens is 3. The van der Waals surface area contributed by atoms with Gasteiger partial charge in [0.2, 0.25) is 0 Å². The van der Waals surface area contributed by atoms with Gasteiger partial charge in [-0.3, -0.25) is 4.68 Å². The first-order chi connectivity index (χ1) is 7.81. The molecule has 0 aromatic carbocycles. The lowest BCUT2D eigenvalue weighted by atomic mass is 10.1. The number of hydrogen-bond donors (Lipinski definition) is 1. The minimum atomic E-state index is 0.419. The molecule has 1 atom stereocenters. The predicted octanol–water partition coefficient (Wildman–Crippen LogP) is 1.78. The fourth-order valence-corrected chi connectivity index (χ4v) is 1.79. The average Bonchev–Trinajstić information content (AvgIpc) is 2.67. The smallest absolute Gasteiger partial charge is 0.138 e. The van der Waals surface area contributed by atoms with E-state index >= 15 is 0 Å². The lowest BCUT2D eigenvalue weighted by Crippen LogP contribution is -2.31. The summed E-state index contributed by atoms with van der Waals surface area (Å²) in [6.07, 6.45) is 6.56.